The molecule has 0 aromatic heterocycles. The number of carbonyl (C=O) groups is 1. The van der Waals surface area contributed by atoms with E-state index in [-0.39, 0.29) is 46.4 Å². The van der Waals surface area contributed by atoms with Gasteiger partial charge < -0.3 is 9.47 Å². The second-order valence-electron chi connectivity index (χ2n) is 9.61. The number of sulfonamides is 2. The average molecular weight is 583 g/mol. The highest BCUT2D eigenvalue weighted by atomic mass is 32.2. The van der Waals surface area contributed by atoms with Gasteiger partial charge in [-0.2, -0.15) is 0 Å². The van der Waals surface area contributed by atoms with Gasteiger partial charge in [-0.05, 0) is 49.1 Å². The van der Waals surface area contributed by atoms with Gasteiger partial charge in [0, 0.05) is 37.2 Å². The smallest absolute Gasteiger partial charge is 0.303 e. The lowest BCUT2D eigenvalue weighted by molar-refractivity contribution is -0.147. The molecule has 1 unspecified atom stereocenters. The number of ether oxygens (including phenoxy) is 2. The molecule has 11 heteroatoms. The summed E-state index contributed by atoms with van der Waals surface area (Å²) in [6.45, 7) is 5.77. The Morgan fingerprint density at radius 2 is 1.48 bits per heavy atom. The third-order valence-corrected chi connectivity index (χ3v) is 10.8. The van der Waals surface area contributed by atoms with Crippen LogP contribution in [0.15, 0.2) is 83.1 Å². The largest absolute Gasteiger partial charge is 0.494 e. The molecular weight excluding hydrogens is 552 g/mol. The predicted molar refractivity (Wildman–Crippen MR) is 152 cm³/mol. The van der Waals surface area contributed by atoms with Gasteiger partial charge in [0.2, 0.25) is 0 Å². The molecule has 40 heavy (non-hydrogen) atoms. The second-order valence-corrected chi connectivity index (χ2v) is 13.3. The molecule has 0 saturated carbocycles. The van der Waals surface area contributed by atoms with Crippen molar-refractivity contribution in [3.63, 3.8) is 0 Å². The fourth-order valence-corrected chi connectivity index (χ4v) is 8.39. The van der Waals surface area contributed by atoms with Crippen LogP contribution in [0.5, 0.6) is 5.75 Å². The molecule has 9 nitrogen and oxygen atoms in total. The lowest BCUT2D eigenvalue weighted by atomic mass is 9.88. The van der Waals surface area contributed by atoms with Gasteiger partial charge in [-0.15, -0.1) is 0 Å². The SMILES string of the molecule is C=C1CCN(S(=O)(=O)c2ccccc2)c2c(OC)cc3c(c21)C(OC(C)=O)CCCN3S(=O)(=O)c1ccccc1. The predicted octanol–water partition coefficient (Wildman–Crippen LogP) is 4.90. The summed E-state index contributed by atoms with van der Waals surface area (Å²) in [7, 11) is -6.64. The van der Waals surface area contributed by atoms with Crippen molar-refractivity contribution in [1.82, 2.24) is 0 Å². The summed E-state index contributed by atoms with van der Waals surface area (Å²) in [5, 5.41) is 0. The van der Waals surface area contributed by atoms with Crippen LogP contribution in [0.3, 0.4) is 0 Å². The highest BCUT2D eigenvalue weighted by Gasteiger charge is 2.41. The Morgan fingerprint density at radius 1 is 0.900 bits per heavy atom. The fraction of sp³-hybridized carbons (Fsp3) is 0.276. The van der Waals surface area contributed by atoms with Crippen LogP contribution >= 0.6 is 0 Å². The minimum atomic E-state index is -4.03. The molecule has 0 amide bonds. The molecule has 210 valence electrons. The van der Waals surface area contributed by atoms with Gasteiger partial charge in [0.25, 0.3) is 20.0 Å². The van der Waals surface area contributed by atoms with E-state index >= 15 is 0 Å². The number of hydrogen-bond acceptors (Lipinski definition) is 7. The monoisotopic (exact) mass is 582 g/mol. The summed E-state index contributed by atoms with van der Waals surface area (Å²) in [5.74, 6) is -0.360. The van der Waals surface area contributed by atoms with Crippen molar-refractivity contribution < 1.29 is 31.1 Å². The summed E-state index contributed by atoms with van der Waals surface area (Å²) < 4.78 is 69.7. The fourth-order valence-electron chi connectivity index (χ4n) is 5.35. The van der Waals surface area contributed by atoms with Crippen molar-refractivity contribution in [2.45, 2.75) is 42.1 Å². The van der Waals surface area contributed by atoms with E-state index in [0.29, 0.717) is 29.5 Å². The van der Waals surface area contributed by atoms with Gasteiger partial charge in [0.15, 0.2) is 0 Å². The lowest BCUT2D eigenvalue weighted by Gasteiger charge is -2.37. The molecule has 3 aromatic rings. The Bertz CT molecular complexity index is 1670. The van der Waals surface area contributed by atoms with Gasteiger partial charge >= 0.3 is 5.97 Å². The van der Waals surface area contributed by atoms with Crippen LogP contribution in [0.2, 0.25) is 0 Å². The van der Waals surface area contributed by atoms with Crippen LogP contribution in [0.4, 0.5) is 11.4 Å². The molecule has 0 radical (unpaired) electrons. The van der Waals surface area contributed by atoms with E-state index in [9.17, 15) is 21.6 Å². The Morgan fingerprint density at radius 3 is 2.02 bits per heavy atom. The van der Waals surface area contributed by atoms with Crippen molar-refractivity contribution >= 4 is 43.0 Å². The Labute approximate surface area is 234 Å². The first-order valence-electron chi connectivity index (χ1n) is 12.8. The maximum Gasteiger partial charge on any atom is 0.303 e. The first-order valence-corrected chi connectivity index (χ1v) is 15.7. The molecule has 0 aliphatic carbocycles. The molecule has 2 aliphatic rings. The van der Waals surface area contributed by atoms with Crippen molar-refractivity contribution in [2.24, 2.45) is 0 Å². The van der Waals surface area contributed by atoms with E-state index in [1.165, 1.54) is 53.0 Å². The van der Waals surface area contributed by atoms with Crippen molar-refractivity contribution in [2.75, 3.05) is 28.8 Å². The molecule has 0 bridgehead atoms. The number of methoxy groups -OCH3 is 1. The first kappa shape index (κ1) is 27.7. The Kier molecular flexibility index (Phi) is 7.36. The Balaban J connectivity index is 1.81. The van der Waals surface area contributed by atoms with Gasteiger partial charge in [-0.25, -0.2) is 16.8 Å². The van der Waals surface area contributed by atoms with Crippen LogP contribution in [-0.4, -0.2) is 43.0 Å². The lowest BCUT2D eigenvalue weighted by Crippen LogP contribution is -2.37. The maximum absolute atomic E-state index is 13.9. The molecule has 0 saturated heterocycles. The van der Waals surface area contributed by atoms with Gasteiger partial charge in [-0.3, -0.25) is 13.4 Å². The number of esters is 1. The van der Waals surface area contributed by atoms with Gasteiger partial charge in [0.1, 0.15) is 17.5 Å². The number of benzene rings is 3. The van der Waals surface area contributed by atoms with Gasteiger partial charge in [-0.1, -0.05) is 43.0 Å². The molecule has 0 fully saturated rings. The van der Waals surface area contributed by atoms with Crippen molar-refractivity contribution in [1.29, 1.82) is 0 Å². The molecule has 3 aromatic carbocycles. The number of hydrogen-bond donors (Lipinski definition) is 0. The normalized spacial score (nSPS) is 17.4. The standard InChI is InChI=1S/C29H30N2O7S2/c1-20-16-18-31(40(35,36)23-13-8-5-9-14-23)29-26(37-3)19-24-28(27(20)29)25(38-21(2)32)15-10-17-30(24)39(33,34)22-11-6-4-7-12-22/h4-9,11-14,19,25H,1,10,15-18H2,2-3H3. The maximum atomic E-state index is 13.9. The first-order chi connectivity index (χ1) is 19.1. The van der Waals surface area contributed by atoms with Crippen LogP contribution in [0.25, 0.3) is 5.57 Å². The van der Waals surface area contributed by atoms with Gasteiger partial charge in [0.05, 0.1) is 22.6 Å². The second kappa shape index (κ2) is 10.6. The van der Waals surface area contributed by atoms with Crippen LogP contribution < -0.4 is 13.3 Å². The average Bonchev–Trinajstić information content (AvgIpc) is 3.12. The number of rotatable bonds is 6. The van der Waals surface area contributed by atoms with Crippen LogP contribution in [-0.2, 0) is 29.6 Å². The minimum absolute atomic E-state index is 0.107. The van der Waals surface area contributed by atoms with Crippen molar-refractivity contribution in [3.05, 3.63) is 84.4 Å². The molecule has 5 rings (SSSR count). The zero-order valence-electron chi connectivity index (χ0n) is 22.2. The number of carbonyl (C=O) groups excluding carboxylic acids is 1. The Hall–Kier alpha value is -3.83. The molecule has 1 atom stereocenters. The van der Waals surface area contributed by atoms with E-state index in [1.54, 1.807) is 36.4 Å². The zero-order valence-corrected chi connectivity index (χ0v) is 23.9. The van der Waals surface area contributed by atoms with E-state index in [2.05, 4.69) is 6.58 Å². The number of fused-ring (bicyclic) bond motifs is 3. The molecule has 0 spiro atoms. The molecule has 2 heterocycles. The summed E-state index contributed by atoms with van der Waals surface area (Å²) in [6, 6.07) is 17.7. The zero-order chi connectivity index (χ0) is 28.7. The summed E-state index contributed by atoms with van der Waals surface area (Å²) in [4.78, 5) is 12.4. The molecule has 2 aliphatic heterocycles. The third-order valence-electron chi connectivity index (χ3n) is 7.11. The van der Waals surface area contributed by atoms with E-state index in [0.717, 1.165) is 0 Å². The van der Waals surface area contributed by atoms with Crippen LogP contribution in [0, 0.1) is 0 Å². The number of nitrogens with zero attached hydrogens (tertiary/aromatic N) is 2. The highest BCUT2D eigenvalue weighted by Crippen LogP contribution is 2.52. The topological polar surface area (TPSA) is 110 Å². The van der Waals surface area contributed by atoms with Crippen molar-refractivity contribution in [3.8, 4) is 5.75 Å². The number of anilines is 2. The van der Waals surface area contributed by atoms with Crippen LogP contribution in [0.1, 0.15) is 43.4 Å². The quantitative estimate of drug-likeness (QED) is 0.380. The third kappa shape index (κ3) is 4.73. The van der Waals surface area contributed by atoms with E-state index in [1.807, 2.05) is 0 Å². The highest BCUT2D eigenvalue weighted by molar-refractivity contribution is 7.93. The molecular formula is C29H30N2O7S2. The summed E-state index contributed by atoms with van der Waals surface area (Å²) >= 11 is 0. The minimum Gasteiger partial charge on any atom is -0.494 e. The summed E-state index contributed by atoms with van der Waals surface area (Å²) in [5.41, 5.74) is 1.93. The summed E-state index contributed by atoms with van der Waals surface area (Å²) in [6.07, 6.45) is 0.204. The van der Waals surface area contributed by atoms with E-state index < -0.39 is 32.1 Å². The molecule has 0 N–H and O–H groups in total. The van der Waals surface area contributed by atoms with E-state index in [4.69, 9.17) is 9.47 Å².